The van der Waals surface area contributed by atoms with Gasteiger partial charge in [-0.2, -0.15) is 17.9 Å². The van der Waals surface area contributed by atoms with Crippen LogP contribution in [-0.4, -0.2) is 72.1 Å². The second-order valence-corrected chi connectivity index (χ2v) is 13.1. The molecule has 42 heavy (non-hydrogen) atoms. The van der Waals surface area contributed by atoms with Crippen molar-refractivity contribution in [3.05, 3.63) is 59.4 Å². The standard InChI is InChI=1S/C26H26F3N3O8S2/c27-26(28,29)21-12-19(30-40-21)20-7-8-22(41-20)42(37,38)31-25(23(34)35)13-18(25)17-6-2-1-4-15(17)5-3-11-39-24(36)32-10-9-16(33)14-32/h1-2,4,6-8,12,16,18,31,33H,3,5,9-11,13-14H2,(H,34,35)/t16-,18?,25?/m1/s1. The fraction of sp³-hybridized carbons (Fsp3) is 0.423. The van der Waals surface area contributed by atoms with Gasteiger partial charge in [-0.1, -0.05) is 29.4 Å². The summed E-state index contributed by atoms with van der Waals surface area (Å²) in [7, 11) is -4.38. The topological polar surface area (TPSA) is 159 Å². The van der Waals surface area contributed by atoms with Gasteiger partial charge in [-0.3, -0.25) is 4.79 Å². The fourth-order valence-corrected chi connectivity index (χ4v) is 7.63. The number of aliphatic hydroxyl groups excluding tert-OH is 1. The Morgan fingerprint density at radius 3 is 2.67 bits per heavy atom. The number of aryl methyl sites for hydroxylation is 1. The van der Waals surface area contributed by atoms with Crippen LogP contribution in [0.3, 0.4) is 0 Å². The first kappa shape index (κ1) is 30.0. The number of β-amino-alcohol motifs (C(OH)–C–C–N with tert-alkyl or cyclic N) is 1. The quantitative estimate of drug-likeness (QED) is 0.283. The molecule has 11 nitrogen and oxygen atoms in total. The number of nitrogens with one attached hydrogen (secondary N) is 1. The number of rotatable bonds is 10. The minimum Gasteiger partial charge on any atom is -0.480 e. The molecule has 2 aromatic heterocycles. The SMILES string of the molecule is O=C(OCCCc1ccccc1C1CC1(NS(=O)(=O)c1ccc(-c2cc(C(F)(F)F)on2)s1)C(=O)O)N1CC[C@@H](O)C1. The number of aliphatic hydroxyl groups is 1. The van der Waals surface area contributed by atoms with Crippen LogP contribution < -0.4 is 4.72 Å². The van der Waals surface area contributed by atoms with Crippen LogP contribution in [0.1, 0.15) is 42.1 Å². The highest BCUT2D eigenvalue weighted by Crippen LogP contribution is 2.53. The molecule has 5 rings (SSSR count). The number of likely N-dealkylation sites (tertiary alicyclic amines) is 1. The van der Waals surface area contributed by atoms with Crippen LogP contribution in [0.15, 0.2) is 51.2 Å². The normalized spacial score (nSPS) is 22.3. The number of hydrogen-bond donors (Lipinski definition) is 3. The monoisotopic (exact) mass is 629 g/mol. The lowest BCUT2D eigenvalue weighted by Crippen LogP contribution is -2.44. The number of carboxylic acid groups (broad SMARTS) is 1. The summed E-state index contributed by atoms with van der Waals surface area (Å²) in [4.78, 5) is 26.0. The summed E-state index contributed by atoms with van der Waals surface area (Å²) in [6, 6.07) is 10.1. The molecular formula is C26H26F3N3O8S2. The number of sulfonamides is 1. The van der Waals surface area contributed by atoms with Crippen LogP contribution in [-0.2, 0) is 32.2 Å². The number of halogens is 3. The Labute approximate surface area is 241 Å². The fourth-order valence-electron chi connectivity index (χ4n) is 4.97. The second-order valence-electron chi connectivity index (χ2n) is 10.1. The maximum atomic E-state index is 13.2. The zero-order valence-electron chi connectivity index (χ0n) is 21.8. The van der Waals surface area contributed by atoms with E-state index in [1.54, 1.807) is 24.3 Å². The summed E-state index contributed by atoms with van der Waals surface area (Å²) in [6.07, 6.45) is -4.46. The van der Waals surface area contributed by atoms with E-state index < -0.39 is 51.6 Å². The molecule has 226 valence electrons. The third-order valence-electron chi connectivity index (χ3n) is 7.22. The molecule has 3 atom stereocenters. The highest BCUT2D eigenvalue weighted by atomic mass is 32.2. The Hall–Kier alpha value is -3.47. The summed E-state index contributed by atoms with van der Waals surface area (Å²) < 4.78 is 76.6. The molecule has 16 heteroatoms. The summed E-state index contributed by atoms with van der Waals surface area (Å²) in [6.45, 7) is 0.754. The average molecular weight is 630 g/mol. The molecule has 1 saturated heterocycles. The van der Waals surface area contributed by atoms with Gasteiger partial charge >= 0.3 is 18.2 Å². The molecule has 3 aromatic rings. The van der Waals surface area contributed by atoms with Crippen molar-refractivity contribution in [1.29, 1.82) is 0 Å². The highest BCUT2D eigenvalue weighted by Gasteiger charge is 2.63. The van der Waals surface area contributed by atoms with Crippen LogP contribution >= 0.6 is 11.3 Å². The third kappa shape index (κ3) is 6.16. The predicted octanol–water partition coefficient (Wildman–Crippen LogP) is 3.85. The number of ether oxygens (including phenoxy) is 1. The van der Waals surface area contributed by atoms with Crippen molar-refractivity contribution in [3.8, 4) is 10.6 Å². The van der Waals surface area contributed by atoms with Gasteiger partial charge in [0.25, 0.3) is 10.0 Å². The number of aliphatic carboxylic acids is 1. The van der Waals surface area contributed by atoms with Gasteiger partial charge in [0.05, 0.1) is 17.6 Å². The summed E-state index contributed by atoms with van der Waals surface area (Å²) in [5.41, 5.74) is -0.601. The Bertz CT molecular complexity index is 1590. The van der Waals surface area contributed by atoms with Crippen molar-refractivity contribution < 1.29 is 50.7 Å². The number of carbonyl (C=O) groups is 2. The van der Waals surface area contributed by atoms with Gasteiger partial charge < -0.3 is 24.4 Å². The molecule has 1 aromatic carbocycles. The number of carboxylic acids is 1. The molecule has 0 spiro atoms. The molecule has 0 radical (unpaired) electrons. The lowest BCUT2D eigenvalue weighted by molar-refractivity contribution is -0.155. The molecule has 2 aliphatic rings. The van der Waals surface area contributed by atoms with Gasteiger partial charge in [0.15, 0.2) is 0 Å². The average Bonchev–Trinajstić information content (AvgIpc) is 3.38. The minimum atomic E-state index is -4.76. The van der Waals surface area contributed by atoms with Gasteiger partial charge in [-0.05, 0) is 48.9 Å². The van der Waals surface area contributed by atoms with Crippen LogP contribution in [0.2, 0.25) is 0 Å². The van der Waals surface area contributed by atoms with E-state index in [2.05, 4.69) is 14.4 Å². The van der Waals surface area contributed by atoms with Gasteiger partial charge in [0.1, 0.15) is 15.4 Å². The number of carbonyl (C=O) groups excluding carboxylic acids is 1. The number of nitrogens with zero attached hydrogens (tertiary/aromatic N) is 2. The molecule has 1 saturated carbocycles. The number of benzene rings is 1. The van der Waals surface area contributed by atoms with Crippen molar-refractivity contribution in [1.82, 2.24) is 14.8 Å². The number of hydrogen-bond acceptors (Lipinski definition) is 9. The molecule has 2 unspecified atom stereocenters. The first-order chi connectivity index (χ1) is 19.8. The molecule has 2 fully saturated rings. The van der Waals surface area contributed by atoms with E-state index in [1.165, 1.54) is 11.0 Å². The maximum absolute atomic E-state index is 13.2. The molecule has 1 aliphatic carbocycles. The van der Waals surface area contributed by atoms with E-state index in [0.29, 0.717) is 48.8 Å². The first-order valence-electron chi connectivity index (χ1n) is 12.9. The van der Waals surface area contributed by atoms with Crippen molar-refractivity contribution in [3.63, 3.8) is 0 Å². The molecule has 1 amide bonds. The lowest BCUT2D eigenvalue weighted by Gasteiger charge is -2.17. The van der Waals surface area contributed by atoms with Crippen molar-refractivity contribution in [2.45, 2.75) is 53.6 Å². The summed E-state index contributed by atoms with van der Waals surface area (Å²) >= 11 is 0.630. The van der Waals surface area contributed by atoms with Crippen molar-refractivity contribution >= 4 is 33.4 Å². The van der Waals surface area contributed by atoms with Crippen molar-refractivity contribution in [2.24, 2.45) is 0 Å². The van der Waals surface area contributed by atoms with Gasteiger partial charge in [0.2, 0.25) is 5.76 Å². The van der Waals surface area contributed by atoms with Gasteiger partial charge in [-0.25, -0.2) is 13.2 Å². The first-order valence-corrected chi connectivity index (χ1v) is 15.2. The number of aromatic nitrogens is 1. The summed E-state index contributed by atoms with van der Waals surface area (Å²) in [5.74, 6) is -3.38. The van der Waals surface area contributed by atoms with Crippen LogP contribution in [0, 0.1) is 0 Å². The Balaban J connectivity index is 1.25. The number of alkyl halides is 3. The Kier molecular flexibility index (Phi) is 8.08. The lowest BCUT2D eigenvalue weighted by atomic mass is 9.97. The number of amides is 1. The second kappa shape index (κ2) is 11.3. The maximum Gasteiger partial charge on any atom is 0.452 e. The van der Waals surface area contributed by atoms with Crippen LogP contribution in [0.25, 0.3) is 10.6 Å². The van der Waals surface area contributed by atoms with Crippen molar-refractivity contribution in [2.75, 3.05) is 19.7 Å². The molecule has 3 heterocycles. The zero-order valence-corrected chi connectivity index (χ0v) is 23.5. The highest BCUT2D eigenvalue weighted by molar-refractivity contribution is 7.91. The van der Waals surface area contributed by atoms with E-state index in [9.17, 15) is 41.4 Å². The third-order valence-corrected chi connectivity index (χ3v) is 10.3. The Morgan fingerprint density at radius 1 is 1.24 bits per heavy atom. The number of thiophene rings is 1. The zero-order chi connectivity index (χ0) is 30.3. The Morgan fingerprint density at radius 2 is 2.00 bits per heavy atom. The largest absolute Gasteiger partial charge is 0.480 e. The summed E-state index contributed by atoms with van der Waals surface area (Å²) in [5, 5.41) is 23.0. The van der Waals surface area contributed by atoms with Gasteiger partial charge in [-0.15, -0.1) is 11.3 Å². The van der Waals surface area contributed by atoms with Gasteiger partial charge in [0, 0.05) is 25.1 Å². The molecular weight excluding hydrogens is 603 g/mol. The molecule has 3 N–H and O–H groups in total. The molecule has 1 aliphatic heterocycles. The van der Waals surface area contributed by atoms with E-state index in [4.69, 9.17) is 4.74 Å². The minimum absolute atomic E-state index is 0.0126. The van der Waals surface area contributed by atoms with E-state index in [-0.39, 0.29) is 34.4 Å². The smallest absolute Gasteiger partial charge is 0.452 e. The van der Waals surface area contributed by atoms with E-state index in [1.807, 2.05) is 0 Å². The van der Waals surface area contributed by atoms with E-state index >= 15 is 0 Å². The predicted molar refractivity (Wildman–Crippen MR) is 141 cm³/mol. The van der Waals surface area contributed by atoms with E-state index in [0.717, 1.165) is 11.6 Å². The molecule has 0 bridgehead atoms. The van der Waals surface area contributed by atoms with Crippen LogP contribution in [0.5, 0.6) is 0 Å². The van der Waals surface area contributed by atoms with Crippen LogP contribution in [0.4, 0.5) is 18.0 Å².